The summed E-state index contributed by atoms with van der Waals surface area (Å²) in [4.78, 5) is 35.9. The van der Waals surface area contributed by atoms with Gasteiger partial charge in [0.05, 0.1) is 10.8 Å². The van der Waals surface area contributed by atoms with Gasteiger partial charge in [0.15, 0.2) is 6.61 Å². The third kappa shape index (κ3) is 5.89. The topological polar surface area (TPSA) is 122 Å². The molecular weight excluding hydrogens is 441 g/mol. The lowest BCUT2D eigenvalue weighted by molar-refractivity contribution is -0.153. The number of hydrogen-bond donors (Lipinski definition) is 2. The number of carbonyl (C=O) groups is 3. The Morgan fingerprint density at radius 3 is 2.22 bits per heavy atom. The molecule has 11 heteroatoms. The van der Waals surface area contributed by atoms with Crippen molar-refractivity contribution in [2.45, 2.75) is 17.7 Å². The normalized spacial score (nSPS) is 15.0. The molecule has 0 aromatic heterocycles. The molecule has 170 valence electrons. The fourth-order valence-corrected chi connectivity index (χ4v) is 4.64. The Balaban J connectivity index is 1.42. The van der Waals surface area contributed by atoms with Gasteiger partial charge in [0.2, 0.25) is 10.0 Å². The van der Waals surface area contributed by atoms with Crippen LogP contribution in [-0.2, 0) is 24.3 Å². The molecule has 0 bridgehead atoms. The molecule has 0 radical (unpaired) electrons. The minimum atomic E-state index is -3.78. The van der Waals surface area contributed by atoms with Crippen molar-refractivity contribution < 1.29 is 31.9 Å². The van der Waals surface area contributed by atoms with Crippen LogP contribution in [0.1, 0.15) is 23.2 Å². The van der Waals surface area contributed by atoms with Crippen molar-refractivity contribution in [2.24, 2.45) is 5.92 Å². The third-order valence-electron chi connectivity index (χ3n) is 4.94. The van der Waals surface area contributed by atoms with Gasteiger partial charge in [-0.1, -0.05) is 18.2 Å². The summed E-state index contributed by atoms with van der Waals surface area (Å²) in [5.74, 6) is -2.93. The Bertz CT molecular complexity index is 1070. The van der Waals surface area contributed by atoms with Gasteiger partial charge in [-0.05, 0) is 49.2 Å². The zero-order valence-corrected chi connectivity index (χ0v) is 17.8. The van der Waals surface area contributed by atoms with Crippen LogP contribution < -0.4 is 10.9 Å². The lowest BCUT2D eigenvalue weighted by Gasteiger charge is -2.30. The number of sulfonamides is 1. The summed E-state index contributed by atoms with van der Waals surface area (Å²) in [7, 11) is -3.78. The quantitative estimate of drug-likeness (QED) is 0.491. The summed E-state index contributed by atoms with van der Waals surface area (Å²) >= 11 is 0. The van der Waals surface area contributed by atoms with Gasteiger partial charge in [-0.15, -0.1) is 0 Å². The van der Waals surface area contributed by atoms with Gasteiger partial charge in [0.25, 0.3) is 11.8 Å². The summed E-state index contributed by atoms with van der Waals surface area (Å²) in [6.45, 7) is -0.389. The number of hydrazine groups is 1. The number of benzene rings is 2. The van der Waals surface area contributed by atoms with E-state index in [4.69, 9.17) is 4.74 Å². The maximum Gasteiger partial charge on any atom is 0.309 e. The van der Waals surface area contributed by atoms with E-state index in [1.165, 1.54) is 16.4 Å². The molecule has 2 amide bonds. The molecule has 1 aliphatic rings. The van der Waals surface area contributed by atoms with Crippen molar-refractivity contribution >= 4 is 27.8 Å². The van der Waals surface area contributed by atoms with E-state index < -0.39 is 46.1 Å². The van der Waals surface area contributed by atoms with Crippen LogP contribution >= 0.6 is 0 Å². The standard InChI is InChI=1S/C21H22FN3O6S/c22-17-6-8-18(9-7-17)32(29,30)25-12-10-16(11-13-25)21(28)31-14-19(26)23-24-20(27)15-4-2-1-3-5-15/h1-9,16H,10-14H2,(H,23,26)(H,24,27). The molecule has 32 heavy (non-hydrogen) atoms. The van der Waals surface area contributed by atoms with E-state index in [2.05, 4.69) is 10.9 Å². The molecule has 1 saturated heterocycles. The maximum atomic E-state index is 13.0. The van der Waals surface area contributed by atoms with Crippen molar-refractivity contribution in [1.82, 2.24) is 15.2 Å². The van der Waals surface area contributed by atoms with E-state index in [0.29, 0.717) is 5.56 Å². The summed E-state index contributed by atoms with van der Waals surface area (Å²) in [6.07, 6.45) is 0.456. The minimum Gasteiger partial charge on any atom is -0.455 e. The van der Waals surface area contributed by atoms with Crippen LogP contribution in [0, 0.1) is 11.7 Å². The summed E-state index contributed by atoms with van der Waals surface area (Å²) in [5, 5.41) is 0. The van der Waals surface area contributed by atoms with E-state index in [0.717, 1.165) is 12.1 Å². The van der Waals surface area contributed by atoms with Gasteiger partial charge >= 0.3 is 5.97 Å². The predicted octanol–water partition coefficient (Wildman–Crippen LogP) is 1.23. The van der Waals surface area contributed by atoms with Gasteiger partial charge in [-0.25, -0.2) is 12.8 Å². The van der Waals surface area contributed by atoms with Gasteiger partial charge in [-0.2, -0.15) is 4.31 Å². The van der Waals surface area contributed by atoms with Gasteiger partial charge in [0.1, 0.15) is 5.82 Å². The smallest absolute Gasteiger partial charge is 0.309 e. The van der Waals surface area contributed by atoms with Crippen LogP contribution in [0.25, 0.3) is 0 Å². The van der Waals surface area contributed by atoms with E-state index in [1.807, 2.05) is 0 Å². The number of piperidine rings is 1. The number of nitrogens with one attached hydrogen (secondary N) is 2. The van der Waals surface area contributed by atoms with Crippen molar-refractivity contribution in [3.63, 3.8) is 0 Å². The highest BCUT2D eigenvalue weighted by Crippen LogP contribution is 2.24. The number of hydrogen-bond acceptors (Lipinski definition) is 6. The lowest BCUT2D eigenvalue weighted by Crippen LogP contribution is -2.44. The molecule has 1 aliphatic heterocycles. The molecule has 0 aliphatic carbocycles. The van der Waals surface area contributed by atoms with Gasteiger partial charge in [-0.3, -0.25) is 25.2 Å². The van der Waals surface area contributed by atoms with Crippen LogP contribution in [0.3, 0.4) is 0 Å². The Morgan fingerprint density at radius 2 is 1.59 bits per heavy atom. The SMILES string of the molecule is O=C(COC(=O)C1CCN(S(=O)(=O)c2ccc(F)cc2)CC1)NNC(=O)c1ccccc1. The molecule has 9 nitrogen and oxygen atoms in total. The second-order valence-corrected chi connectivity index (χ2v) is 9.05. The number of nitrogens with zero attached hydrogens (tertiary/aromatic N) is 1. The molecule has 0 atom stereocenters. The second-order valence-electron chi connectivity index (χ2n) is 7.11. The maximum absolute atomic E-state index is 13.0. The molecule has 2 aromatic rings. The first-order valence-corrected chi connectivity index (χ1v) is 11.3. The molecule has 0 saturated carbocycles. The largest absolute Gasteiger partial charge is 0.455 e. The monoisotopic (exact) mass is 463 g/mol. The summed E-state index contributed by atoms with van der Waals surface area (Å²) in [6, 6.07) is 12.8. The number of rotatable bonds is 6. The molecule has 2 N–H and O–H groups in total. The first-order chi connectivity index (χ1) is 15.3. The van der Waals surface area contributed by atoms with Crippen molar-refractivity contribution in [3.8, 4) is 0 Å². The van der Waals surface area contributed by atoms with E-state index in [9.17, 15) is 27.2 Å². The average molecular weight is 463 g/mol. The molecule has 3 rings (SSSR count). The fraction of sp³-hybridized carbons (Fsp3) is 0.286. The second kappa shape index (κ2) is 10.3. The van der Waals surface area contributed by atoms with Crippen LogP contribution in [0.2, 0.25) is 0 Å². The summed E-state index contributed by atoms with van der Waals surface area (Å²) in [5.41, 5.74) is 4.73. The number of amides is 2. The molecule has 0 spiro atoms. The lowest BCUT2D eigenvalue weighted by atomic mass is 9.98. The molecule has 1 heterocycles. The van der Waals surface area contributed by atoms with Gasteiger partial charge in [0, 0.05) is 18.7 Å². The van der Waals surface area contributed by atoms with Gasteiger partial charge < -0.3 is 4.74 Å². The van der Waals surface area contributed by atoms with E-state index in [-0.39, 0.29) is 30.8 Å². The Labute approximate surface area is 184 Å². The number of esters is 1. The average Bonchev–Trinajstić information content (AvgIpc) is 2.82. The van der Waals surface area contributed by atoms with Crippen LogP contribution in [0.15, 0.2) is 59.5 Å². The first-order valence-electron chi connectivity index (χ1n) is 9.84. The highest BCUT2D eigenvalue weighted by molar-refractivity contribution is 7.89. The van der Waals surface area contributed by atoms with Crippen LogP contribution in [0.5, 0.6) is 0 Å². The Hall–Kier alpha value is -3.31. The summed E-state index contributed by atoms with van der Waals surface area (Å²) < 4.78 is 44.5. The fourth-order valence-electron chi connectivity index (χ4n) is 3.17. The molecular formula is C21H22FN3O6S. The number of ether oxygens (including phenoxy) is 1. The third-order valence-corrected chi connectivity index (χ3v) is 6.85. The zero-order valence-electron chi connectivity index (χ0n) is 17.0. The van der Waals surface area contributed by atoms with Crippen LogP contribution in [-0.4, -0.2) is 50.2 Å². The zero-order chi connectivity index (χ0) is 23.1. The molecule has 2 aromatic carbocycles. The Kier molecular flexibility index (Phi) is 7.54. The highest BCUT2D eigenvalue weighted by Gasteiger charge is 2.33. The van der Waals surface area contributed by atoms with Crippen molar-refractivity contribution in [1.29, 1.82) is 0 Å². The van der Waals surface area contributed by atoms with E-state index >= 15 is 0 Å². The number of halogens is 1. The first kappa shape index (κ1) is 23.4. The van der Waals surface area contributed by atoms with Crippen LogP contribution in [0.4, 0.5) is 4.39 Å². The minimum absolute atomic E-state index is 0.0193. The van der Waals surface area contributed by atoms with Crippen molar-refractivity contribution in [3.05, 3.63) is 66.0 Å². The predicted molar refractivity (Wildman–Crippen MR) is 111 cm³/mol. The van der Waals surface area contributed by atoms with Crippen molar-refractivity contribution in [2.75, 3.05) is 19.7 Å². The number of carbonyl (C=O) groups excluding carboxylic acids is 3. The highest BCUT2D eigenvalue weighted by atomic mass is 32.2. The Morgan fingerprint density at radius 1 is 0.969 bits per heavy atom. The molecule has 0 unspecified atom stereocenters. The molecule has 1 fully saturated rings. The van der Waals surface area contributed by atoms with E-state index in [1.54, 1.807) is 30.3 Å².